The Balaban J connectivity index is 2.34. The highest BCUT2D eigenvalue weighted by Gasteiger charge is 2.04. The van der Waals surface area contributed by atoms with Crippen LogP contribution in [0.4, 0.5) is 0 Å². The molecular formula is C16H16N2O3. The highest BCUT2D eigenvalue weighted by Crippen LogP contribution is 2.19. The predicted molar refractivity (Wildman–Crippen MR) is 79.3 cm³/mol. The Morgan fingerprint density at radius 1 is 1.38 bits per heavy atom. The zero-order valence-electron chi connectivity index (χ0n) is 12.0. The Kier molecular flexibility index (Phi) is 4.75. The Bertz CT molecular complexity index is 754. The largest absolute Gasteiger partial charge is 0.495 e. The number of nitrogens with zero attached hydrogens (tertiary/aromatic N) is 2. The van der Waals surface area contributed by atoms with E-state index in [1.165, 1.54) is 4.68 Å². The standard InChI is InChI=1S/C16H16N2O3/c1-12-8-16(20)18(17-10-12)11-13-5-6-15(21-2)14(9-13)4-3-7-19/h5-6,8-10,19H,7,11H2,1-2H3. The number of methoxy groups -OCH3 is 1. The van der Waals surface area contributed by atoms with Crippen molar-refractivity contribution in [3.05, 3.63) is 57.5 Å². The first-order valence-electron chi connectivity index (χ1n) is 6.44. The van der Waals surface area contributed by atoms with Gasteiger partial charge < -0.3 is 9.84 Å². The molecule has 5 heteroatoms. The average Bonchev–Trinajstić information content (AvgIpc) is 2.48. The van der Waals surface area contributed by atoms with Crippen LogP contribution in [0.3, 0.4) is 0 Å². The van der Waals surface area contributed by atoms with Gasteiger partial charge in [-0.1, -0.05) is 17.9 Å². The monoisotopic (exact) mass is 284 g/mol. The second kappa shape index (κ2) is 6.73. The third kappa shape index (κ3) is 3.71. The van der Waals surface area contributed by atoms with Gasteiger partial charge in [-0.15, -0.1) is 0 Å². The average molecular weight is 284 g/mol. The van der Waals surface area contributed by atoms with Crippen LogP contribution in [0.1, 0.15) is 16.7 Å². The van der Waals surface area contributed by atoms with Gasteiger partial charge in [0.15, 0.2) is 0 Å². The van der Waals surface area contributed by atoms with E-state index in [1.807, 2.05) is 19.1 Å². The molecule has 0 saturated heterocycles. The van der Waals surface area contributed by atoms with Gasteiger partial charge in [0.1, 0.15) is 12.4 Å². The summed E-state index contributed by atoms with van der Waals surface area (Å²) < 4.78 is 6.61. The Morgan fingerprint density at radius 2 is 2.19 bits per heavy atom. The number of rotatable bonds is 3. The molecule has 0 unspecified atom stereocenters. The fourth-order valence-electron chi connectivity index (χ4n) is 1.90. The normalized spacial score (nSPS) is 9.86. The van der Waals surface area contributed by atoms with Gasteiger partial charge in [0, 0.05) is 6.07 Å². The van der Waals surface area contributed by atoms with Crippen molar-refractivity contribution in [2.45, 2.75) is 13.5 Å². The van der Waals surface area contributed by atoms with Crippen LogP contribution in [0.5, 0.6) is 5.75 Å². The minimum Gasteiger partial charge on any atom is -0.495 e. The summed E-state index contributed by atoms with van der Waals surface area (Å²) in [5, 5.41) is 12.9. The molecule has 0 aliphatic carbocycles. The van der Waals surface area contributed by atoms with Crippen molar-refractivity contribution >= 4 is 0 Å². The van der Waals surface area contributed by atoms with Crippen molar-refractivity contribution in [1.82, 2.24) is 9.78 Å². The maximum absolute atomic E-state index is 11.8. The lowest BCUT2D eigenvalue weighted by Crippen LogP contribution is -2.22. The lowest BCUT2D eigenvalue weighted by atomic mass is 10.1. The molecule has 2 rings (SSSR count). The first-order chi connectivity index (χ1) is 10.1. The summed E-state index contributed by atoms with van der Waals surface area (Å²) >= 11 is 0. The van der Waals surface area contributed by atoms with Gasteiger partial charge in [-0.25, -0.2) is 4.68 Å². The molecule has 0 bridgehead atoms. The fraction of sp³-hybridized carbons (Fsp3) is 0.250. The molecule has 0 aliphatic heterocycles. The first kappa shape index (κ1) is 14.8. The molecule has 0 radical (unpaired) electrons. The molecule has 0 aliphatic rings. The van der Waals surface area contributed by atoms with Crippen molar-refractivity contribution in [1.29, 1.82) is 0 Å². The Morgan fingerprint density at radius 3 is 2.86 bits per heavy atom. The molecule has 2 aromatic rings. The highest BCUT2D eigenvalue weighted by molar-refractivity contribution is 5.48. The molecule has 1 heterocycles. The van der Waals surface area contributed by atoms with Crippen molar-refractivity contribution < 1.29 is 9.84 Å². The van der Waals surface area contributed by atoms with Crippen molar-refractivity contribution in [3.8, 4) is 17.6 Å². The molecule has 1 aromatic heterocycles. The van der Waals surface area contributed by atoms with E-state index in [-0.39, 0.29) is 12.2 Å². The molecule has 1 aromatic carbocycles. The summed E-state index contributed by atoms with van der Waals surface area (Å²) in [5.41, 5.74) is 2.25. The van der Waals surface area contributed by atoms with E-state index in [4.69, 9.17) is 9.84 Å². The second-order valence-electron chi connectivity index (χ2n) is 4.52. The van der Waals surface area contributed by atoms with E-state index in [0.717, 1.165) is 11.1 Å². The van der Waals surface area contributed by atoms with E-state index in [0.29, 0.717) is 17.9 Å². The molecular weight excluding hydrogens is 268 g/mol. The SMILES string of the molecule is COc1ccc(Cn2ncc(C)cc2=O)cc1C#CCO. The predicted octanol–water partition coefficient (Wildman–Crippen LogP) is 0.952. The minimum atomic E-state index is -0.216. The minimum absolute atomic E-state index is 0.145. The number of hydrogen-bond acceptors (Lipinski definition) is 4. The van der Waals surface area contributed by atoms with Gasteiger partial charge in [0.05, 0.1) is 25.4 Å². The van der Waals surface area contributed by atoms with Gasteiger partial charge in [-0.2, -0.15) is 5.10 Å². The molecule has 0 saturated carbocycles. The fourth-order valence-corrected chi connectivity index (χ4v) is 1.90. The lowest BCUT2D eigenvalue weighted by Gasteiger charge is -2.08. The number of aromatic nitrogens is 2. The molecule has 5 nitrogen and oxygen atoms in total. The van der Waals surface area contributed by atoms with Crippen LogP contribution >= 0.6 is 0 Å². The zero-order chi connectivity index (χ0) is 15.2. The van der Waals surface area contributed by atoms with E-state index in [2.05, 4.69) is 16.9 Å². The van der Waals surface area contributed by atoms with E-state index in [9.17, 15) is 4.79 Å². The van der Waals surface area contributed by atoms with Gasteiger partial charge in [0.25, 0.3) is 5.56 Å². The number of aryl methyl sites for hydroxylation is 1. The number of benzene rings is 1. The van der Waals surface area contributed by atoms with Crippen molar-refractivity contribution in [3.63, 3.8) is 0 Å². The lowest BCUT2D eigenvalue weighted by molar-refractivity contribution is 0.350. The van der Waals surface area contributed by atoms with E-state index in [1.54, 1.807) is 25.4 Å². The summed E-state index contributed by atoms with van der Waals surface area (Å²) in [6.45, 7) is 1.97. The summed E-state index contributed by atoms with van der Waals surface area (Å²) in [6, 6.07) is 7.02. The number of aliphatic hydroxyl groups is 1. The van der Waals surface area contributed by atoms with Gasteiger partial charge in [0.2, 0.25) is 0 Å². The van der Waals surface area contributed by atoms with Crippen LogP contribution in [0, 0.1) is 18.8 Å². The molecule has 1 N–H and O–H groups in total. The Labute approximate surface area is 122 Å². The first-order valence-corrected chi connectivity index (χ1v) is 6.44. The van der Waals surface area contributed by atoms with Gasteiger partial charge in [-0.05, 0) is 30.2 Å². The van der Waals surface area contributed by atoms with Crippen LogP contribution in [0.2, 0.25) is 0 Å². The molecule has 108 valence electrons. The molecule has 0 amide bonds. The highest BCUT2D eigenvalue weighted by atomic mass is 16.5. The van der Waals surface area contributed by atoms with E-state index >= 15 is 0 Å². The van der Waals surface area contributed by atoms with Crippen molar-refractivity contribution in [2.75, 3.05) is 13.7 Å². The quantitative estimate of drug-likeness (QED) is 0.852. The van der Waals surface area contributed by atoms with Gasteiger partial charge in [-0.3, -0.25) is 4.79 Å². The van der Waals surface area contributed by atoms with E-state index < -0.39 is 0 Å². The smallest absolute Gasteiger partial charge is 0.267 e. The third-order valence-electron chi connectivity index (χ3n) is 2.90. The summed E-state index contributed by atoms with van der Waals surface area (Å²) in [6.07, 6.45) is 1.65. The molecule has 0 atom stereocenters. The Hall–Kier alpha value is -2.58. The summed E-state index contributed by atoms with van der Waals surface area (Å²) in [4.78, 5) is 11.8. The molecule has 0 fully saturated rings. The molecule has 21 heavy (non-hydrogen) atoms. The second-order valence-corrected chi connectivity index (χ2v) is 4.52. The number of aliphatic hydroxyl groups excluding tert-OH is 1. The molecule has 0 spiro atoms. The van der Waals surface area contributed by atoms with Crippen molar-refractivity contribution in [2.24, 2.45) is 0 Å². The third-order valence-corrected chi connectivity index (χ3v) is 2.90. The maximum atomic E-state index is 11.8. The number of hydrogen-bond donors (Lipinski definition) is 1. The van der Waals surface area contributed by atoms with Crippen LogP contribution < -0.4 is 10.3 Å². The van der Waals surface area contributed by atoms with Crippen LogP contribution in [-0.2, 0) is 6.54 Å². The summed E-state index contributed by atoms with van der Waals surface area (Å²) in [7, 11) is 1.56. The topological polar surface area (TPSA) is 64.4 Å². The van der Waals surface area contributed by atoms with Crippen LogP contribution in [-0.4, -0.2) is 28.6 Å². The summed E-state index contributed by atoms with van der Waals surface area (Å²) in [5.74, 6) is 6.05. The van der Waals surface area contributed by atoms with Gasteiger partial charge >= 0.3 is 0 Å². The van der Waals surface area contributed by atoms with Crippen LogP contribution in [0.15, 0.2) is 35.3 Å². The number of ether oxygens (including phenoxy) is 1. The van der Waals surface area contributed by atoms with Crippen LogP contribution in [0.25, 0.3) is 0 Å². The zero-order valence-corrected chi connectivity index (χ0v) is 12.0. The maximum Gasteiger partial charge on any atom is 0.267 e.